The lowest BCUT2D eigenvalue weighted by Gasteiger charge is -2.31. The van der Waals surface area contributed by atoms with Crippen LogP contribution in [0.1, 0.15) is 35.6 Å². The number of aryl methyl sites for hydroxylation is 1. The largest absolute Gasteiger partial charge is 0.483 e. The minimum Gasteiger partial charge on any atom is -0.483 e. The molecule has 1 N–H and O–H groups in total. The van der Waals surface area contributed by atoms with Gasteiger partial charge in [-0.3, -0.25) is 9.59 Å². The summed E-state index contributed by atoms with van der Waals surface area (Å²) in [6.45, 7) is 6.45. The molecule has 190 valence electrons. The van der Waals surface area contributed by atoms with E-state index in [4.69, 9.17) is 27.9 Å². The Kier molecular flexibility index (Phi) is 10.2. The number of hydrogen-bond acceptors (Lipinski definition) is 3. The molecule has 36 heavy (non-hydrogen) atoms. The quantitative estimate of drug-likeness (QED) is 0.325. The van der Waals surface area contributed by atoms with Crippen molar-refractivity contribution in [2.75, 3.05) is 13.2 Å². The Hall–Kier alpha value is -3.02. The molecule has 1 atom stereocenters. The molecule has 3 rings (SSSR count). The summed E-state index contributed by atoms with van der Waals surface area (Å²) in [4.78, 5) is 28.6. The van der Waals surface area contributed by atoms with Crippen molar-refractivity contribution in [3.8, 4) is 5.75 Å². The Morgan fingerprint density at radius 2 is 1.69 bits per heavy atom. The second-order valence-electron chi connectivity index (χ2n) is 8.75. The molecule has 0 unspecified atom stereocenters. The van der Waals surface area contributed by atoms with Crippen molar-refractivity contribution in [1.82, 2.24) is 10.2 Å². The second kappa shape index (κ2) is 13.3. The molecule has 2 amide bonds. The molecule has 0 aliphatic heterocycles. The Morgan fingerprint density at radius 3 is 2.39 bits per heavy atom. The highest BCUT2D eigenvalue weighted by molar-refractivity contribution is 6.42. The highest BCUT2D eigenvalue weighted by atomic mass is 35.5. The fourth-order valence-corrected chi connectivity index (χ4v) is 4.18. The molecular weight excluding hydrogens is 495 g/mol. The van der Waals surface area contributed by atoms with Crippen LogP contribution < -0.4 is 10.1 Å². The van der Waals surface area contributed by atoms with Gasteiger partial charge in [0.05, 0.1) is 10.0 Å². The third-order valence-electron chi connectivity index (χ3n) is 6.06. The van der Waals surface area contributed by atoms with Crippen LogP contribution in [0.3, 0.4) is 0 Å². The van der Waals surface area contributed by atoms with Gasteiger partial charge in [-0.25, -0.2) is 0 Å². The van der Waals surface area contributed by atoms with Gasteiger partial charge in [-0.05, 0) is 60.7 Å². The van der Waals surface area contributed by atoms with E-state index in [1.807, 2.05) is 75.4 Å². The first kappa shape index (κ1) is 27.6. The van der Waals surface area contributed by atoms with E-state index in [9.17, 15) is 9.59 Å². The predicted octanol–water partition coefficient (Wildman–Crippen LogP) is 6.16. The van der Waals surface area contributed by atoms with E-state index < -0.39 is 6.04 Å². The van der Waals surface area contributed by atoms with E-state index in [1.54, 1.807) is 17.0 Å². The highest BCUT2D eigenvalue weighted by Crippen LogP contribution is 2.25. The minimum absolute atomic E-state index is 0.183. The van der Waals surface area contributed by atoms with Crippen LogP contribution in [-0.4, -0.2) is 35.9 Å². The van der Waals surface area contributed by atoms with E-state index in [-0.39, 0.29) is 25.0 Å². The maximum Gasteiger partial charge on any atom is 0.261 e. The molecular formula is C29H32Cl2N2O3. The maximum absolute atomic E-state index is 13.6. The Balaban J connectivity index is 1.93. The van der Waals surface area contributed by atoms with Gasteiger partial charge in [-0.2, -0.15) is 0 Å². The molecule has 3 aromatic rings. The topological polar surface area (TPSA) is 58.6 Å². The lowest BCUT2D eigenvalue weighted by atomic mass is 10.0. The summed E-state index contributed by atoms with van der Waals surface area (Å²) in [7, 11) is 0. The third-order valence-corrected chi connectivity index (χ3v) is 6.80. The van der Waals surface area contributed by atoms with E-state index in [0.29, 0.717) is 28.8 Å². The van der Waals surface area contributed by atoms with Gasteiger partial charge in [-0.1, -0.05) is 78.7 Å². The number of halogens is 2. The van der Waals surface area contributed by atoms with Crippen LogP contribution in [0.5, 0.6) is 5.75 Å². The molecule has 0 fully saturated rings. The molecule has 0 heterocycles. The summed E-state index contributed by atoms with van der Waals surface area (Å²) >= 11 is 12.4. The lowest BCUT2D eigenvalue weighted by Crippen LogP contribution is -2.51. The highest BCUT2D eigenvalue weighted by Gasteiger charge is 2.30. The van der Waals surface area contributed by atoms with Gasteiger partial charge in [0.25, 0.3) is 5.91 Å². The summed E-state index contributed by atoms with van der Waals surface area (Å²) in [6, 6.07) is 19.9. The molecule has 0 aromatic heterocycles. The number of benzene rings is 3. The summed E-state index contributed by atoms with van der Waals surface area (Å²) in [5.41, 5.74) is 3.78. The summed E-state index contributed by atoms with van der Waals surface area (Å²) in [5.74, 6) is 0.142. The number of carbonyl (C=O) groups is 2. The van der Waals surface area contributed by atoms with Crippen LogP contribution in [-0.2, 0) is 22.6 Å². The van der Waals surface area contributed by atoms with E-state index >= 15 is 0 Å². The SMILES string of the molecule is CCCNC(=O)[C@H](Cc1ccccc1)N(Cc1ccc(Cl)c(Cl)c1)C(=O)COc1cccc(C)c1C. The Morgan fingerprint density at radius 1 is 0.944 bits per heavy atom. The number of hydrogen-bond donors (Lipinski definition) is 1. The Bertz CT molecular complexity index is 1180. The van der Waals surface area contributed by atoms with Gasteiger partial charge in [0.1, 0.15) is 11.8 Å². The first-order valence-corrected chi connectivity index (χ1v) is 12.8. The Labute approximate surface area is 223 Å². The average Bonchev–Trinajstić information content (AvgIpc) is 2.88. The van der Waals surface area contributed by atoms with Gasteiger partial charge in [0.15, 0.2) is 6.61 Å². The van der Waals surface area contributed by atoms with Crippen LogP contribution in [0, 0.1) is 13.8 Å². The molecule has 5 nitrogen and oxygen atoms in total. The number of amides is 2. The van der Waals surface area contributed by atoms with Crippen molar-refractivity contribution >= 4 is 35.0 Å². The third kappa shape index (κ3) is 7.49. The van der Waals surface area contributed by atoms with Crippen LogP contribution in [0.4, 0.5) is 0 Å². The zero-order valence-corrected chi connectivity index (χ0v) is 22.4. The van der Waals surface area contributed by atoms with Crippen molar-refractivity contribution in [1.29, 1.82) is 0 Å². The molecule has 0 radical (unpaired) electrons. The van der Waals surface area contributed by atoms with E-state index in [2.05, 4.69) is 5.32 Å². The van der Waals surface area contributed by atoms with Gasteiger partial charge in [-0.15, -0.1) is 0 Å². The second-order valence-corrected chi connectivity index (χ2v) is 9.57. The summed E-state index contributed by atoms with van der Waals surface area (Å²) in [6.07, 6.45) is 1.16. The van der Waals surface area contributed by atoms with Gasteiger partial charge in [0, 0.05) is 19.5 Å². The molecule has 0 bridgehead atoms. The first-order chi connectivity index (χ1) is 17.3. The van der Waals surface area contributed by atoms with Crippen molar-refractivity contribution in [3.05, 3.63) is 99.0 Å². The van der Waals surface area contributed by atoms with Crippen molar-refractivity contribution in [2.45, 2.75) is 46.2 Å². The smallest absolute Gasteiger partial charge is 0.261 e. The fourth-order valence-electron chi connectivity index (χ4n) is 3.86. The molecule has 7 heteroatoms. The molecule has 3 aromatic carbocycles. The lowest BCUT2D eigenvalue weighted by molar-refractivity contribution is -0.142. The average molecular weight is 527 g/mol. The van der Waals surface area contributed by atoms with Gasteiger partial charge < -0.3 is 15.0 Å². The van der Waals surface area contributed by atoms with Crippen LogP contribution in [0.15, 0.2) is 66.7 Å². The van der Waals surface area contributed by atoms with Crippen LogP contribution in [0.25, 0.3) is 0 Å². The fraction of sp³-hybridized carbons (Fsp3) is 0.310. The number of carbonyl (C=O) groups excluding carboxylic acids is 2. The summed E-state index contributed by atoms with van der Waals surface area (Å²) in [5, 5.41) is 3.78. The normalized spacial score (nSPS) is 11.6. The van der Waals surface area contributed by atoms with Gasteiger partial charge >= 0.3 is 0 Å². The zero-order chi connectivity index (χ0) is 26.1. The summed E-state index contributed by atoms with van der Waals surface area (Å²) < 4.78 is 5.93. The van der Waals surface area contributed by atoms with Crippen molar-refractivity contribution < 1.29 is 14.3 Å². The zero-order valence-electron chi connectivity index (χ0n) is 20.9. The maximum atomic E-state index is 13.6. The number of ether oxygens (including phenoxy) is 1. The van der Waals surface area contributed by atoms with Gasteiger partial charge in [0.2, 0.25) is 5.91 Å². The van der Waals surface area contributed by atoms with Crippen molar-refractivity contribution in [2.24, 2.45) is 0 Å². The molecule has 0 spiro atoms. The monoisotopic (exact) mass is 526 g/mol. The van der Waals surface area contributed by atoms with Crippen molar-refractivity contribution in [3.63, 3.8) is 0 Å². The van der Waals surface area contributed by atoms with Crippen LogP contribution in [0.2, 0.25) is 10.0 Å². The number of nitrogens with zero attached hydrogens (tertiary/aromatic N) is 1. The standard InChI is InChI=1S/C29H32Cl2N2O3/c1-4-15-32-29(35)26(17-22-10-6-5-7-11-22)33(18-23-13-14-24(30)25(31)16-23)28(34)19-36-27-12-8-9-20(2)21(27)3/h5-14,16,26H,4,15,17-19H2,1-3H3,(H,32,35)/t26-/m0/s1. The van der Waals surface area contributed by atoms with E-state index in [1.165, 1.54) is 0 Å². The first-order valence-electron chi connectivity index (χ1n) is 12.0. The predicted molar refractivity (Wildman–Crippen MR) is 146 cm³/mol. The number of nitrogens with one attached hydrogen (secondary N) is 1. The molecule has 0 aliphatic rings. The minimum atomic E-state index is -0.733. The number of rotatable bonds is 11. The molecule has 0 saturated heterocycles. The van der Waals surface area contributed by atoms with Crippen LogP contribution >= 0.6 is 23.2 Å². The van der Waals surface area contributed by atoms with E-state index in [0.717, 1.165) is 28.7 Å². The molecule has 0 saturated carbocycles. The molecule has 0 aliphatic carbocycles.